The van der Waals surface area contributed by atoms with Crippen molar-refractivity contribution in [3.63, 3.8) is 0 Å². The molecule has 0 saturated heterocycles. The van der Waals surface area contributed by atoms with Gasteiger partial charge in [-0.05, 0) is 58.2 Å². The number of aliphatic hydroxyl groups is 1. The number of halogens is 2. The highest BCUT2D eigenvalue weighted by Crippen LogP contribution is 2.33. The summed E-state index contributed by atoms with van der Waals surface area (Å²) in [6.07, 6.45) is 0. The van der Waals surface area contributed by atoms with Gasteiger partial charge in [0.25, 0.3) is 0 Å². The number of rotatable bonds is 3. The summed E-state index contributed by atoms with van der Waals surface area (Å²) in [5, 5.41) is 9.71. The van der Waals surface area contributed by atoms with Crippen molar-refractivity contribution in [2.75, 3.05) is 0 Å². The molecule has 0 amide bonds. The summed E-state index contributed by atoms with van der Waals surface area (Å²) >= 11 is 9.29. The quantitative estimate of drug-likeness (QED) is 0.885. The maximum absolute atomic E-state index is 9.05. The molecule has 18 heavy (non-hydrogen) atoms. The molecule has 1 N–H and O–H groups in total. The SMILES string of the molecule is Cc1cc(CO)ccc1Oc1ccc(Cl)cc1Br. The molecule has 0 saturated carbocycles. The van der Waals surface area contributed by atoms with Gasteiger partial charge in [-0.3, -0.25) is 0 Å². The Labute approximate surface area is 119 Å². The van der Waals surface area contributed by atoms with E-state index in [1.165, 1.54) is 0 Å². The molecule has 4 heteroatoms. The maximum Gasteiger partial charge on any atom is 0.141 e. The third kappa shape index (κ3) is 3.05. The van der Waals surface area contributed by atoms with E-state index in [-0.39, 0.29) is 6.61 Å². The molecule has 0 atom stereocenters. The molecule has 0 bridgehead atoms. The van der Waals surface area contributed by atoms with E-state index >= 15 is 0 Å². The van der Waals surface area contributed by atoms with Crippen LogP contribution in [0.25, 0.3) is 0 Å². The van der Waals surface area contributed by atoms with E-state index in [4.69, 9.17) is 21.4 Å². The summed E-state index contributed by atoms with van der Waals surface area (Å²) in [5.74, 6) is 1.47. The van der Waals surface area contributed by atoms with Crippen molar-refractivity contribution in [2.24, 2.45) is 0 Å². The molecule has 0 aliphatic carbocycles. The molecule has 0 unspecified atom stereocenters. The molecule has 0 radical (unpaired) electrons. The van der Waals surface area contributed by atoms with Crippen LogP contribution >= 0.6 is 27.5 Å². The van der Waals surface area contributed by atoms with Crippen molar-refractivity contribution >= 4 is 27.5 Å². The summed E-state index contributed by atoms with van der Waals surface area (Å²) < 4.78 is 6.61. The van der Waals surface area contributed by atoms with Gasteiger partial charge in [-0.2, -0.15) is 0 Å². The van der Waals surface area contributed by atoms with Crippen LogP contribution in [0.2, 0.25) is 5.02 Å². The largest absolute Gasteiger partial charge is 0.456 e. The molecule has 2 rings (SSSR count). The smallest absolute Gasteiger partial charge is 0.141 e. The minimum atomic E-state index is 0.0335. The first-order chi connectivity index (χ1) is 8.60. The van der Waals surface area contributed by atoms with Crippen LogP contribution in [0.1, 0.15) is 11.1 Å². The predicted molar refractivity (Wildman–Crippen MR) is 76.3 cm³/mol. The van der Waals surface area contributed by atoms with Crippen molar-refractivity contribution in [1.29, 1.82) is 0 Å². The average molecular weight is 328 g/mol. The van der Waals surface area contributed by atoms with Crippen LogP contribution in [0, 0.1) is 6.92 Å². The molecule has 0 aliphatic heterocycles. The van der Waals surface area contributed by atoms with E-state index in [0.29, 0.717) is 10.8 Å². The number of aryl methyl sites for hydroxylation is 1. The first-order valence-electron chi connectivity index (χ1n) is 5.43. The molecule has 0 fully saturated rings. The fraction of sp³-hybridized carbons (Fsp3) is 0.143. The zero-order chi connectivity index (χ0) is 13.1. The van der Waals surface area contributed by atoms with Crippen molar-refractivity contribution in [2.45, 2.75) is 13.5 Å². The second-order valence-corrected chi connectivity index (χ2v) is 5.23. The lowest BCUT2D eigenvalue weighted by Gasteiger charge is -2.11. The summed E-state index contributed by atoms with van der Waals surface area (Å²) in [5.41, 5.74) is 1.85. The average Bonchev–Trinajstić information content (AvgIpc) is 2.34. The van der Waals surface area contributed by atoms with E-state index in [9.17, 15) is 0 Å². The number of hydrogen-bond donors (Lipinski definition) is 1. The van der Waals surface area contributed by atoms with Crippen molar-refractivity contribution in [1.82, 2.24) is 0 Å². The van der Waals surface area contributed by atoms with Gasteiger partial charge in [0.05, 0.1) is 11.1 Å². The molecular formula is C14H12BrClO2. The van der Waals surface area contributed by atoms with Crippen LogP contribution in [-0.4, -0.2) is 5.11 Å². The fourth-order valence-electron chi connectivity index (χ4n) is 1.60. The number of aliphatic hydroxyl groups excluding tert-OH is 1. The highest BCUT2D eigenvalue weighted by atomic mass is 79.9. The third-order valence-electron chi connectivity index (χ3n) is 2.54. The molecule has 0 spiro atoms. The highest BCUT2D eigenvalue weighted by molar-refractivity contribution is 9.10. The minimum absolute atomic E-state index is 0.0335. The van der Waals surface area contributed by atoms with Gasteiger partial charge in [0, 0.05) is 5.02 Å². The van der Waals surface area contributed by atoms with Crippen molar-refractivity contribution in [3.05, 3.63) is 57.0 Å². The monoisotopic (exact) mass is 326 g/mol. The lowest BCUT2D eigenvalue weighted by atomic mass is 10.1. The van der Waals surface area contributed by atoms with Crippen molar-refractivity contribution < 1.29 is 9.84 Å². The maximum atomic E-state index is 9.05. The highest BCUT2D eigenvalue weighted by Gasteiger charge is 2.06. The van der Waals surface area contributed by atoms with Gasteiger partial charge in [0.2, 0.25) is 0 Å². The Morgan fingerprint density at radius 2 is 1.89 bits per heavy atom. The summed E-state index contributed by atoms with van der Waals surface area (Å²) in [6, 6.07) is 11.0. The summed E-state index contributed by atoms with van der Waals surface area (Å²) in [7, 11) is 0. The Morgan fingerprint density at radius 1 is 1.17 bits per heavy atom. The van der Waals surface area contributed by atoms with Gasteiger partial charge in [-0.1, -0.05) is 23.7 Å². The fourth-order valence-corrected chi connectivity index (χ4v) is 2.36. The Morgan fingerprint density at radius 3 is 2.50 bits per heavy atom. The summed E-state index contributed by atoms with van der Waals surface area (Å²) in [4.78, 5) is 0. The first kappa shape index (κ1) is 13.4. The lowest BCUT2D eigenvalue weighted by molar-refractivity contribution is 0.281. The lowest BCUT2D eigenvalue weighted by Crippen LogP contribution is -1.91. The van der Waals surface area contributed by atoms with Gasteiger partial charge in [-0.15, -0.1) is 0 Å². The van der Waals surface area contributed by atoms with Crippen LogP contribution < -0.4 is 4.74 Å². The van der Waals surface area contributed by atoms with E-state index in [0.717, 1.165) is 21.3 Å². The van der Waals surface area contributed by atoms with Crippen LogP contribution in [-0.2, 0) is 6.61 Å². The topological polar surface area (TPSA) is 29.5 Å². The van der Waals surface area contributed by atoms with Crippen molar-refractivity contribution in [3.8, 4) is 11.5 Å². The molecule has 0 aliphatic rings. The minimum Gasteiger partial charge on any atom is -0.456 e. The van der Waals surface area contributed by atoms with Crippen LogP contribution in [0.4, 0.5) is 0 Å². The normalized spacial score (nSPS) is 10.4. The first-order valence-corrected chi connectivity index (χ1v) is 6.60. The molecule has 0 heterocycles. The third-order valence-corrected chi connectivity index (χ3v) is 3.39. The van der Waals surface area contributed by atoms with Gasteiger partial charge in [0.1, 0.15) is 11.5 Å². The molecule has 2 nitrogen and oxygen atoms in total. The standard InChI is InChI=1S/C14H12BrClO2/c1-9-6-10(8-17)2-4-13(9)18-14-5-3-11(16)7-12(14)15/h2-7,17H,8H2,1H3. The molecule has 0 aromatic heterocycles. The van der Waals surface area contributed by atoms with E-state index in [2.05, 4.69) is 15.9 Å². The van der Waals surface area contributed by atoms with Gasteiger partial charge < -0.3 is 9.84 Å². The Balaban J connectivity index is 2.28. The van der Waals surface area contributed by atoms with Crippen LogP contribution in [0.3, 0.4) is 0 Å². The van der Waals surface area contributed by atoms with Crippen LogP contribution in [0.15, 0.2) is 40.9 Å². The Hall–Kier alpha value is -1.03. The second-order valence-electron chi connectivity index (χ2n) is 3.93. The molecule has 2 aromatic rings. The molecular weight excluding hydrogens is 316 g/mol. The number of ether oxygens (including phenoxy) is 1. The second kappa shape index (κ2) is 5.74. The Kier molecular flexibility index (Phi) is 4.27. The molecule has 2 aromatic carbocycles. The van der Waals surface area contributed by atoms with Crippen LogP contribution in [0.5, 0.6) is 11.5 Å². The number of hydrogen-bond acceptors (Lipinski definition) is 2. The number of benzene rings is 2. The van der Waals surface area contributed by atoms with E-state index < -0.39 is 0 Å². The van der Waals surface area contributed by atoms with E-state index in [1.807, 2.05) is 31.2 Å². The molecule has 94 valence electrons. The van der Waals surface area contributed by atoms with Gasteiger partial charge >= 0.3 is 0 Å². The zero-order valence-electron chi connectivity index (χ0n) is 9.78. The zero-order valence-corrected chi connectivity index (χ0v) is 12.1. The van der Waals surface area contributed by atoms with E-state index in [1.54, 1.807) is 12.1 Å². The predicted octanol–water partition coefficient (Wildman–Crippen LogP) is 4.70. The van der Waals surface area contributed by atoms with Gasteiger partial charge in [0.15, 0.2) is 0 Å². The Bertz CT molecular complexity index is 570. The summed E-state index contributed by atoms with van der Waals surface area (Å²) in [6.45, 7) is 1.98. The van der Waals surface area contributed by atoms with Gasteiger partial charge in [-0.25, -0.2) is 0 Å².